The number of amides is 2. The van der Waals surface area contributed by atoms with E-state index in [1.165, 1.54) is 0 Å². The third-order valence-corrected chi connectivity index (χ3v) is 2.17. The molecule has 0 saturated carbocycles. The highest BCUT2D eigenvalue weighted by Crippen LogP contribution is 2.06. The van der Waals surface area contributed by atoms with E-state index in [1.54, 1.807) is 46.9 Å². The number of unbranched alkanes of at least 4 members (excludes halogenated alkanes) is 1. The Kier molecular flexibility index (Phi) is 6.37. The summed E-state index contributed by atoms with van der Waals surface area (Å²) in [6, 6.07) is 0. The number of alkyl carbamates (subject to hydrolysis) is 2. The molecule has 0 aliphatic carbocycles. The largest absolute Gasteiger partial charge is 0.444 e. The summed E-state index contributed by atoms with van der Waals surface area (Å²) < 4.78 is 57.3. The smallest absolute Gasteiger partial charge is 0.407 e. The summed E-state index contributed by atoms with van der Waals surface area (Å²) in [6.07, 6.45) is -4.03. The van der Waals surface area contributed by atoms with Crippen LogP contribution < -0.4 is 16.0 Å². The summed E-state index contributed by atoms with van der Waals surface area (Å²) in [6.45, 7) is 4.36. The molecule has 0 aliphatic rings. The summed E-state index contributed by atoms with van der Waals surface area (Å²) in [7, 11) is 0. The van der Waals surface area contributed by atoms with Gasteiger partial charge in [0, 0.05) is 21.3 Å². The van der Waals surface area contributed by atoms with E-state index in [0.717, 1.165) is 0 Å². The number of rotatable bonds is 9. The van der Waals surface area contributed by atoms with Crippen LogP contribution in [0.3, 0.4) is 0 Å². The second-order valence-electron chi connectivity index (χ2n) is 7.06. The van der Waals surface area contributed by atoms with E-state index in [2.05, 4.69) is 10.6 Å². The van der Waals surface area contributed by atoms with Gasteiger partial charge in [0.2, 0.25) is 0 Å². The second kappa shape index (κ2) is 11.1. The van der Waals surface area contributed by atoms with Gasteiger partial charge in [0.05, 0.1) is 0 Å². The van der Waals surface area contributed by atoms with Crippen molar-refractivity contribution in [2.75, 3.05) is 26.1 Å². The molecule has 0 fully saturated rings. The Morgan fingerprint density at radius 3 is 1.88 bits per heavy atom. The van der Waals surface area contributed by atoms with Gasteiger partial charge in [0.25, 0.3) is 0 Å². The van der Waals surface area contributed by atoms with Crippen LogP contribution in [0.1, 0.15) is 69.0 Å². The van der Waals surface area contributed by atoms with E-state index in [4.69, 9.17) is 17.7 Å². The highest BCUT2D eigenvalue weighted by atomic mass is 16.6. The molecule has 0 saturated heterocycles. The number of carbonyl (C=O) groups excluding carboxylic acids is 2. The Hall–Kier alpha value is -1.50. The SMILES string of the molecule is [2H]C([2H])(NCCCCNC(=O)OC(C)(C)C)C([2H])([2H])C([2H])([2H])NC(=O)OC(C)(C)C. The van der Waals surface area contributed by atoms with Crippen LogP contribution in [-0.4, -0.2) is 49.5 Å². The van der Waals surface area contributed by atoms with E-state index in [0.29, 0.717) is 12.8 Å². The van der Waals surface area contributed by atoms with Crippen LogP contribution >= 0.6 is 0 Å². The zero-order valence-electron chi connectivity index (χ0n) is 21.5. The van der Waals surface area contributed by atoms with E-state index in [1.807, 2.05) is 0 Å². The summed E-state index contributed by atoms with van der Waals surface area (Å²) in [5.74, 6) is 0. The van der Waals surface area contributed by atoms with E-state index in [-0.39, 0.29) is 13.1 Å². The van der Waals surface area contributed by atoms with Gasteiger partial charge in [-0.25, -0.2) is 9.59 Å². The lowest BCUT2D eigenvalue weighted by atomic mass is 10.2. The number of nitrogens with one attached hydrogen (secondary N) is 3. The fourth-order valence-electron chi connectivity index (χ4n) is 1.37. The van der Waals surface area contributed by atoms with E-state index < -0.39 is 42.8 Å². The Bertz CT molecular complexity index is 589. The van der Waals surface area contributed by atoms with Crippen molar-refractivity contribution in [3.05, 3.63) is 0 Å². The van der Waals surface area contributed by atoms with E-state index in [9.17, 15) is 9.59 Å². The first-order valence-corrected chi connectivity index (χ1v) is 7.93. The van der Waals surface area contributed by atoms with Crippen molar-refractivity contribution in [1.82, 2.24) is 16.0 Å². The molecule has 142 valence electrons. The molecule has 0 aromatic heterocycles. The molecule has 7 nitrogen and oxygen atoms in total. The molecular weight excluding hydrogens is 310 g/mol. The van der Waals surface area contributed by atoms with Crippen LogP contribution in [-0.2, 0) is 9.47 Å². The van der Waals surface area contributed by atoms with Crippen molar-refractivity contribution in [1.29, 1.82) is 0 Å². The minimum atomic E-state index is -3.12. The minimum Gasteiger partial charge on any atom is -0.444 e. The molecule has 0 spiro atoms. The molecule has 24 heavy (non-hydrogen) atoms. The molecule has 0 radical (unpaired) electrons. The minimum absolute atomic E-state index is 0.0189. The van der Waals surface area contributed by atoms with Crippen LogP contribution in [0.4, 0.5) is 9.59 Å². The quantitative estimate of drug-likeness (QED) is 0.556. The average molecular weight is 352 g/mol. The summed E-state index contributed by atoms with van der Waals surface area (Å²) in [5.41, 5.74) is -1.53. The normalized spacial score (nSPS) is 17.2. The standard InChI is InChI=1S/C17H35N3O4/c1-16(2,3)23-14(21)19-12-8-7-10-18-11-9-13-20-15(22)24-17(4,5)6/h18H,7-13H2,1-6H3,(H,19,21)(H,20,22)/i9D2,11D2,13D2. The lowest BCUT2D eigenvalue weighted by Crippen LogP contribution is -2.34. The molecule has 0 aromatic carbocycles. The van der Waals surface area contributed by atoms with Crippen molar-refractivity contribution < 1.29 is 27.3 Å². The van der Waals surface area contributed by atoms with Gasteiger partial charge in [-0.2, -0.15) is 0 Å². The lowest BCUT2D eigenvalue weighted by molar-refractivity contribution is 0.0515. The van der Waals surface area contributed by atoms with Crippen molar-refractivity contribution in [3.8, 4) is 0 Å². The van der Waals surface area contributed by atoms with Gasteiger partial charge in [-0.1, -0.05) is 0 Å². The van der Waals surface area contributed by atoms with Crippen molar-refractivity contribution >= 4 is 12.2 Å². The predicted octanol–water partition coefficient (Wildman–Crippen LogP) is 2.80. The van der Waals surface area contributed by atoms with Gasteiger partial charge in [0.15, 0.2) is 0 Å². The summed E-state index contributed by atoms with van der Waals surface area (Å²) in [5, 5.41) is 6.65. The number of carbonyl (C=O) groups is 2. The molecule has 3 N–H and O–H groups in total. The molecule has 2 amide bonds. The van der Waals surface area contributed by atoms with Crippen LogP contribution in [0.2, 0.25) is 0 Å². The fourth-order valence-corrected chi connectivity index (χ4v) is 1.37. The zero-order chi connectivity index (χ0) is 24.0. The van der Waals surface area contributed by atoms with Crippen LogP contribution in [0.5, 0.6) is 0 Å². The summed E-state index contributed by atoms with van der Waals surface area (Å²) in [4.78, 5) is 23.3. The average Bonchev–Trinajstić information content (AvgIpc) is 2.45. The maximum absolute atomic E-state index is 11.8. The van der Waals surface area contributed by atoms with Crippen LogP contribution in [0.15, 0.2) is 0 Å². The predicted molar refractivity (Wildman–Crippen MR) is 95.2 cm³/mol. The van der Waals surface area contributed by atoms with E-state index >= 15 is 0 Å². The van der Waals surface area contributed by atoms with Gasteiger partial charge in [0.1, 0.15) is 11.2 Å². The van der Waals surface area contributed by atoms with Crippen LogP contribution in [0.25, 0.3) is 0 Å². The maximum Gasteiger partial charge on any atom is 0.407 e. The van der Waals surface area contributed by atoms with Crippen LogP contribution in [0, 0.1) is 0 Å². The zero-order valence-corrected chi connectivity index (χ0v) is 15.5. The first-order valence-electron chi connectivity index (χ1n) is 10.9. The Labute approximate surface area is 154 Å². The lowest BCUT2D eigenvalue weighted by Gasteiger charge is -2.19. The third kappa shape index (κ3) is 16.9. The van der Waals surface area contributed by atoms with Gasteiger partial charge in [-0.05, 0) is 73.8 Å². The van der Waals surface area contributed by atoms with Gasteiger partial charge < -0.3 is 25.4 Å². The molecule has 0 atom stereocenters. The second-order valence-corrected chi connectivity index (χ2v) is 7.06. The monoisotopic (exact) mass is 351 g/mol. The number of ether oxygens (including phenoxy) is 2. The van der Waals surface area contributed by atoms with Gasteiger partial charge in [-0.3, -0.25) is 0 Å². The molecule has 0 aromatic rings. The highest BCUT2D eigenvalue weighted by Gasteiger charge is 2.16. The van der Waals surface area contributed by atoms with Crippen molar-refractivity contribution in [3.63, 3.8) is 0 Å². The highest BCUT2D eigenvalue weighted by molar-refractivity contribution is 5.67. The van der Waals surface area contributed by atoms with Crippen molar-refractivity contribution in [2.24, 2.45) is 0 Å². The first-order chi connectivity index (χ1) is 13.2. The summed E-state index contributed by atoms with van der Waals surface area (Å²) >= 11 is 0. The Balaban J connectivity index is 4.60. The Morgan fingerprint density at radius 2 is 1.33 bits per heavy atom. The topological polar surface area (TPSA) is 88.7 Å². The fraction of sp³-hybridized carbons (Fsp3) is 0.882. The first kappa shape index (κ1) is 13.8. The number of hydrogen-bond acceptors (Lipinski definition) is 5. The molecule has 0 heterocycles. The molecule has 0 bridgehead atoms. The van der Waals surface area contributed by atoms with Gasteiger partial charge >= 0.3 is 12.2 Å². The van der Waals surface area contributed by atoms with Crippen molar-refractivity contribution in [2.45, 2.75) is 72.0 Å². The molecular formula is C17H35N3O4. The molecule has 0 unspecified atom stereocenters. The van der Waals surface area contributed by atoms with Gasteiger partial charge in [-0.15, -0.1) is 0 Å². The molecule has 7 heteroatoms. The molecule has 0 rings (SSSR count). The third-order valence-electron chi connectivity index (χ3n) is 2.17. The number of hydrogen-bond donors (Lipinski definition) is 3. The maximum atomic E-state index is 11.8. The Morgan fingerprint density at radius 1 is 0.833 bits per heavy atom. The molecule has 0 aliphatic heterocycles.